The molecule has 12 heavy (non-hydrogen) atoms. The summed E-state index contributed by atoms with van der Waals surface area (Å²) in [5.41, 5.74) is 0. The first kappa shape index (κ1) is 6.46. The average Bonchev–Trinajstić information content (AvgIpc) is 2.76. The van der Waals surface area contributed by atoms with Crippen LogP contribution in [0.3, 0.4) is 0 Å². The summed E-state index contributed by atoms with van der Waals surface area (Å²) < 4.78 is 0. The normalized spacial score (nSPS) is 47.8. The predicted molar refractivity (Wildman–Crippen MR) is 45.3 cm³/mol. The lowest BCUT2D eigenvalue weighted by molar-refractivity contribution is -0.123. The van der Waals surface area contributed by atoms with Crippen LogP contribution in [0, 0.1) is 17.8 Å². The first-order chi connectivity index (χ1) is 5.84. The van der Waals surface area contributed by atoms with Gasteiger partial charge in [-0.1, -0.05) is 24.3 Å². The van der Waals surface area contributed by atoms with E-state index in [1.807, 2.05) is 12.2 Å². The molecule has 1 fully saturated rings. The molecule has 0 unspecified atom stereocenters. The van der Waals surface area contributed by atoms with Crippen molar-refractivity contribution in [1.29, 1.82) is 0 Å². The van der Waals surface area contributed by atoms with Gasteiger partial charge in [-0.25, -0.2) is 0 Å². The maximum absolute atomic E-state index is 11.4. The van der Waals surface area contributed by atoms with Gasteiger partial charge >= 0.3 is 0 Å². The van der Waals surface area contributed by atoms with Crippen LogP contribution in [0.15, 0.2) is 24.3 Å². The van der Waals surface area contributed by atoms with Gasteiger partial charge in [0.05, 0.1) is 12.0 Å². The molecule has 0 aromatic rings. The Morgan fingerprint density at radius 3 is 2.92 bits per heavy atom. The molecule has 4 aliphatic rings. The van der Waals surface area contributed by atoms with Gasteiger partial charge in [0.25, 0.3) is 0 Å². The minimum atomic E-state index is 0.00259. The zero-order chi connectivity index (χ0) is 8.13. The first-order valence-corrected chi connectivity index (χ1v) is 4.51. The summed E-state index contributed by atoms with van der Waals surface area (Å²) in [6.07, 6.45) is 9.67. The summed E-state index contributed by atoms with van der Waals surface area (Å²) in [5.74, 6) is 1.60. The van der Waals surface area contributed by atoms with Gasteiger partial charge in [-0.2, -0.15) is 0 Å². The van der Waals surface area contributed by atoms with E-state index in [2.05, 4.69) is 17.5 Å². The van der Waals surface area contributed by atoms with E-state index in [0.717, 1.165) is 5.92 Å². The summed E-state index contributed by atoms with van der Waals surface area (Å²) in [6.45, 7) is 0. The van der Waals surface area contributed by atoms with Crippen LogP contribution < -0.4 is 5.32 Å². The molecule has 1 amide bonds. The number of fused-ring (bicyclic) bond motifs is 1. The molecule has 0 radical (unpaired) electrons. The third kappa shape index (κ3) is 0.779. The molecule has 4 atom stereocenters. The second kappa shape index (κ2) is 2.00. The molecular formula is C10H11NO. The van der Waals surface area contributed by atoms with Gasteiger partial charge in [0.15, 0.2) is 0 Å². The highest BCUT2D eigenvalue weighted by molar-refractivity contribution is 5.84. The monoisotopic (exact) mass is 161 g/mol. The minimum Gasteiger partial charge on any atom is -0.349 e. The van der Waals surface area contributed by atoms with Crippen LogP contribution in [-0.2, 0) is 4.79 Å². The minimum absolute atomic E-state index is 0.00259. The van der Waals surface area contributed by atoms with E-state index in [0.29, 0.717) is 12.0 Å². The van der Waals surface area contributed by atoms with Crippen molar-refractivity contribution in [1.82, 2.24) is 5.32 Å². The molecular weight excluding hydrogens is 150 g/mol. The molecule has 2 nitrogen and oxygen atoms in total. The van der Waals surface area contributed by atoms with Crippen LogP contribution >= 0.6 is 0 Å². The Morgan fingerprint density at radius 2 is 2.08 bits per heavy atom. The Balaban J connectivity index is 2.02. The van der Waals surface area contributed by atoms with Gasteiger partial charge < -0.3 is 5.32 Å². The van der Waals surface area contributed by atoms with Gasteiger partial charge in [0.1, 0.15) is 0 Å². The lowest BCUT2D eigenvalue weighted by atomic mass is 9.95. The van der Waals surface area contributed by atoms with E-state index in [1.165, 1.54) is 6.42 Å². The lowest BCUT2D eigenvalue weighted by Gasteiger charge is -2.24. The van der Waals surface area contributed by atoms with Crippen molar-refractivity contribution >= 4 is 5.91 Å². The molecule has 0 spiro atoms. The molecule has 2 heteroatoms. The molecule has 0 saturated heterocycles. The number of rotatable bonds is 0. The summed E-state index contributed by atoms with van der Waals surface area (Å²) >= 11 is 0. The average molecular weight is 161 g/mol. The highest BCUT2D eigenvalue weighted by Crippen LogP contribution is 2.45. The number of amides is 1. The van der Waals surface area contributed by atoms with E-state index in [1.54, 1.807) is 0 Å². The van der Waals surface area contributed by atoms with Gasteiger partial charge in [-0.05, 0) is 18.3 Å². The van der Waals surface area contributed by atoms with Crippen molar-refractivity contribution in [2.24, 2.45) is 17.8 Å². The lowest BCUT2D eigenvalue weighted by Crippen LogP contribution is -2.42. The molecule has 62 valence electrons. The molecule has 1 N–H and O–H groups in total. The summed E-state index contributed by atoms with van der Waals surface area (Å²) in [6, 6.07) is 0.323. The van der Waals surface area contributed by atoms with Crippen LogP contribution in [0.2, 0.25) is 0 Å². The van der Waals surface area contributed by atoms with Crippen LogP contribution in [0.25, 0.3) is 0 Å². The Labute approximate surface area is 71.3 Å². The number of nitrogens with one attached hydrogen (secondary N) is 1. The molecule has 1 saturated carbocycles. The molecule has 2 heterocycles. The van der Waals surface area contributed by atoms with Gasteiger partial charge in [0, 0.05) is 0 Å². The first-order valence-electron chi connectivity index (χ1n) is 4.51. The van der Waals surface area contributed by atoms with Gasteiger partial charge in [-0.3, -0.25) is 4.79 Å². The van der Waals surface area contributed by atoms with Crippen molar-refractivity contribution in [3.8, 4) is 0 Å². The highest BCUT2D eigenvalue weighted by Gasteiger charge is 2.43. The summed E-state index contributed by atoms with van der Waals surface area (Å²) in [5, 5.41) is 3.03. The van der Waals surface area contributed by atoms with Crippen molar-refractivity contribution in [2.45, 2.75) is 12.5 Å². The zero-order valence-corrected chi connectivity index (χ0v) is 6.73. The Kier molecular flexibility index (Phi) is 1.08. The summed E-state index contributed by atoms with van der Waals surface area (Å²) in [4.78, 5) is 11.4. The fraction of sp³-hybridized carbons (Fsp3) is 0.500. The van der Waals surface area contributed by atoms with Crippen LogP contribution in [0.1, 0.15) is 6.42 Å². The number of carbonyl (C=O) groups excluding carboxylic acids is 1. The standard InChI is InChI=1S/C10H11NO/c12-10-6-1-2-7-5-8(7)9(11-10)4-3-6/h1-4,6-9H,5H2,(H,11,12)/t6-,7-,8+,9+/m1/s1. The van der Waals surface area contributed by atoms with Crippen molar-refractivity contribution < 1.29 is 4.79 Å². The van der Waals surface area contributed by atoms with Crippen LogP contribution in [-0.4, -0.2) is 11.9 Å². The van der Waals surface area contributed by atoms with Crippen LogP contribution in [0.5, 0.6) is 0 Å². The number of allylic oxidation sites excluding steroid dienone is 1. The fourth-order valence-electron chi connectivity index (χ4n) is 2.17. The van der Waals surface area contributed by atoms with E-state index >= 15 is 0 Å². The van der Waals surface area contributed by atoms with E-state index in [9.17, 15) is 4.79 Å². The second-order valence-electron chi connectivity index (χ2n) is 3.89. The van der Waals surface area contributed by atoms with Crippen LogP contribution in [0.4, 0.5) is 0 Å². The van der Waals surface area contributed by atoms with Gasteiger partial charge in [-0.15, -0.1) is 0 Å². The van der Waals surface area contributed by atoms with Crippen molar-refractivity contribution in [3.05, 3.63) is 24.3 Å². The fourth-order valence-corrected chi connectivity index (χ4v) is 2.17. The molecule has 2 bridgehead atoms. The highest BCUT2D eigenvalue weighted by atomic mass is 16.2. The van der Waals surface area contributed by atoms with Crippen molar-refractivity contribution in [2.75, 3.05) is 0 Å². The summed E-state index contributed by atoms with van der Waals surface area (Å²) in [7, 11) is 0. The number of hydrogen-bond donors (Lipinski definition) is 1. The van der Waals surface area contributed by atoms with E-state index in [4.69, 9.17) is 0 Å². The smallest absolute Gasteiger partial charge is 0.231 e. The molecule has 2 aliphatic carbocycles. The number of carbonyl (C=O) groups is 1. The maximum atomic E-state index is 11.4. The quantitative estimate of drug-likeness (QED) is 0.525. The molecule has 2 aliphatic heterocycles. The van der Waals surface area contributed by atoms with Gasteiger partial charge in [0.2, 0.25) is 5.91 Å². The Morgan fingerprint density at radius 1 is 1.25 bits per heavy atom. The molecule has 0 aromatic carbocycles. The predicted octanol–water partition coefficient (Wildman–Crippen LogP) is 0.863. The molecule has 0 aromatic heterocycles. The second-order valence-corrected chi connectivity index (χ2v) is 3.89. The van der Waals surface area contributed by atoms with E-state index in [-0.39, 0.29) is 11.8 Å². The Bertz CT molecular complexity index is 292. The molecule has 4 rings (SSSR count). The third-order valence-corrected chi connectivity index (χ3v) is 3.06. The van der Waals surface area contributed by atoms with Crippen molar-refractivity contribution in [3.63, 3.8) is 0 Å². The SMILES string of the molecule is O=C1N[C@H]2C=C[C@H]1C=C[C@@H]1C[C@@H]12. The third-order valence-electron chi connectivity index (χ3n) is 3.06. The Hall–Kier alpha value is -1.05. The number of hydrogen-bond acceptors (Lipinski definition) is 1. The zero-order valence-electron chi connectivity index (χ0n) is 6.73. The van der Waals surface area contributed by atoms with E-state index < -0.39 is 0 Å². The topological polar surface area (TPSA) is 29.1 Å². The largest absolute Gasteiger partial charge is 0.349 e. The maximum Gasteiger partial charge on any atom is 0.231 e.